The molecule has 0 radical (unpaired) electrons. The van der Waals surface area contributed by atoms with Gasteiger partial charge in [0.1, 0.15) is 5.69 Å². The largest absolute Gasteiger partial charge is 0.340 e. The summed E-state index contributed by atoms with van der Waals surface area (Å²) in [5, 5.41) is 4.75. The lowest BCUT2D eigenvalue weighted by molar-refractivity contribution is 0.576. The quantitative estimate of drug-likeness (QED) is 0.278. The highest BCUT2D eigenvalue weighted by atomic mass is 32.1. The Hall–Kier alpha value is -3.44. The highest BCUT2D eigenvalue weighted by Crippen LogP contribution is 2.29. The van der Waals surface area contributed by atoms with Gasteiger partial charge in [-0.05, 0) is 37.1 Å². The second kappa shape index (κ2) is 7.67. The summed E-state index contributed by atoms with van der Waals surface area (Å²) in [6.45, 7) is 1.94. The van der Waals surface area contributed by atoms with Crippen molar-refractivity contribution in [3.63, 3.8) is 0 Å². The molecule has 3 aromatic heterocycles. The molecule has 3 aromatic carbocycles. The van der Waals surface area contributed by atoms with Crippen LogP contribution in [0.2, 0.25) is 0 Å². The second-order valence-corrected chi connectivity index (χ2v) is 8.56. The van der Waals surface area contributed by atoms with Gasteiger partial charge in [-0.3, -0.25) is 0 Å². The first kappa shape index (κ1) is 18.3. The molecule has 31 heavy (non-hydrogen) atoms. The highest BCUT2D eigenvalue weighted by molar-refractivity contribution is 7.07. The summed E-state index contributed by atoms with van der Waals surface area (Å²) < 4.78 is 4.80. The summed E-state index contributed by atoms with van der Waals surface area (Å²) in [7, 11) is 0. The van der Waals surface area contributed by atoms with E-state index >= 15 is 0 Å². The maximum Gasteiger partial charge on any atom is 0.160 e. The molecule has 0 N–H and O–H groups in total. The molecular weight excluding hydrogens is 400 g/mol. The molecule has 0 amide bonds. The number of benzene rings is 3. The smallest absolute Gasteiger partial charge is 0.160 e. The van der Waals surface area contributed by atoms with Crippen LogP contribution in [0.5, 0.6) is 0 Å². The molecule has 0 aliphatic rings. The van der Waals surface area contributed by atoms with Crippen LogP contribution in [0.15, 0.2) is 83.7 Å². The Morgan fingerprint density at radius 3 is 1.97 bits per heavy atom. The third kappa shape index (κ3) is 3.13. The number of hydrogen-bond acceptors (Lipinski definition) is 3. The van der Waals surface area contributed by atoms with Crippen molar-refractivity contribution < 1.29 is 0 Å². The second-order valence-electron chi connectivity index (χ2n) is 7.84. The minimum atomic E-state index is 0.935. The van der Waals surface area contributed by atoms with E-state index in [0.29, 0.717) is 0 Å². The number of rotatable bonds is 6. The maximum atomic E-state index is 4.87. The SMILES string of the molecule is c1ccc2c(c1)nc(-c1cscn1)n2CCCCn1c2ccccc2c2ccccc21. The monoisotopic (exact) mass is 422 g/mol. The number of nitrogens with zero attached hydrogens (tertiary/aromatic N) is 4. The van der Waals surface area contributed by atoms with E-state index in [1.54, 1.807) is 11.3 Å². The van der Waals surface area contributed by atoms with E-state index in [-0.39, 0.29) is 0 Å². The third-order valence-electron chi connectivity index (χ3n) is 6.01. The maximum absolute atomic E-state index is 4.87. The number of fused-ring (bicyclic) bond motifs is 4. The molecule has 0 spiro atoms. The number of unbranched alkanes of at least 4 members (excludes halogenated alkanes) is 1. The van der Waals surface area contributed by atoms with Gasteiger partial charge in [-0.1, -0.05) is 48.5 Å². The first-order chi connectivity index (χ1) is 15.4. The van der Waals surface area contributed by atoms with Gasteiger partial charge < -0.3 is 9.13 Å². The molecule has 6 aromatic rings. The topological polar surface area (TPSA) is 35.6 Å². The van der Waals surface area contributed by atoms with E-state index in [4.69, 9.17) is 4.98 Å². The van der Waals surface area contributed by atoms with Crippen molar-refractivity contribution in [1.29, 1.82) is 0 Å². The van der Waals surface area contributed by atoms with Crippen molar-refractivity contribution in [3.05, 3.63) is 83.7 Å². The summed E-state index contributed by atoms with van der Waals surface area (Å²) >= 11 is 1.61. The van der Waals surface area contributed by atoms with Gasteiger partial charge in [0, 0.05) is 40.3 Å². The molecule has 0 atom stereocenters. The summed E-state index contributed by atoms with van der Waals surface area (Å²) in [5.41, 5.74) is 7.69. The molecule has 6 rings (SSSR count). The predicted molar refractivity (Wildman–Crippen MR) is 130 cm³/mol. The third-order valence-corrected chi connectivity index (χ3v) is 6.60. The molecule has 0 saturated heterocycles. The number of para-hydroxylation sites is 4. The molecule has 0 saturated carbocycles. The van der Waals surface area contributed by atoms with Crippen LogP contribution in [-0.2, 0) is 13.1 Å². The Kier molecular flexibility index (Phi) is 4.54. The van der Waals surface area contributed by atoms with E-state index in [2.05, 4.69) is 86.2 Å². The zero-order chi connectivity index (χ0) is 20.6. The molecule has 3 heterocycles. The lowest BCUT2D eigenvalue weighted by Gasteiger charge is -2.10. The standard InChI is InChI=1S/C26H22N4S/c1-4-12-23-19(9-1)20-10-2-5-13-24(20)29(23)15-7-8-16-30-25-14-6-3-11-21(25)28-26(30)22-17-31-18-27-22/h1-6,9-14,17-18H,7-8,15-16H2. The van der Waals surface area contributed by atoms with Crippen LogP contribution in [0.1, 0.15) is 12.8 Å². The summed E-state index contributed by atoms with van der Waals surface area (Å²) in [6, 6.07) is 25.8. The van der Waals surface area contributed by atoms with Gasteiger partial charge in [0.05, 0.1) is 16.5 Å². The van der Waals surface area contributed by atoms with Crippen molar-refractivity contribution in [1.82, 2.24) is 19.1 Å². The number of aromatic nitrogens is 4. The van der Waals surface area contributed by atoms with Crippen molar-refractivity contribution in [2.24, 2.45) is 0 Å². The Labute approximate surface area is 184 Å². The van der Waals surface area contributed by atoms with Crippen molar-refractivity contribution in [2.45, 2.75) is 25.9 Å². The Balaban J connectivity index is 1.28. The summed E-state index contributed by atoms with van der Waals surface area (Å²) in [6.07, 6.45) is 2.18. The van der Waals surface area contributed by atoms with Crippen LogP contribution in [0.3, 0.4) is 0 Å². The molecule has 0 aliphatic heterocycles. The number of imidazole rings is 1. The lowest BCUT2D eigenvalue weighted by atomic mass is 10.2. The van der Waals surface area contributed by atoms with E-state index in [1.807, 2.05) is 11.6 Å². The fourth-order valence-corrected chi connectivity index (χ4v) is 5.13. The summed E-state index contributed by atoms with van der Waals surface area (Å²) in [4.78, 5) is 9.38. The van der Waals surface area contributed by atoms with Gasteiger partial charge >= 0.3 is 0 Å². The van der Waals surface area contributed by atoms with Crippen molar-refractivity contribution in [3.8, 4) is 11.5 Å². The van der Waals surface area contributed by atoms with Gasteiger partial charge in [0.15, 0.2) is 5.82 Å². The van der Waals surface area contributed by atoms with Crippen LogP contribution in [-0.4, -0.2) is 19.1 Å². The van der Waals surface area contributed by atoms with Crippen LogP contribution in [0.25, 0.3) is 44.4 Å². The molecule has 152 valence electrons. The molecule has 0 aliphatic carbocycles. The fraction of sp³-hybridized carbons (Fsp3) is 0.154. The van der Waals surface area contributed by atoms with E-state index in [9.17, 15) is 0 Å². The number of hydrogen-bond donors (Lipinski definition) is 0. The van der Waals surface area contributed by atoms with Crippen molar-refractivity contribution >= 4 is 44.2 Å². The van der Waals surface area contributed by atoms with Gasteiger partial charge in [-0.2, -0.15) is 0 Å². The first-order valence-corrected chi connectivity index (χ1v) is 11.6. The lowest BCUT2D eigenvalue weighted by Crippen LogP contribution is -2.04. The minimum Gasteiger partial charge on any atom is -0.340 e. The molecular formula is C26H22N4S. The number of aryl methyl sites for hydroxylation is 2. The van der Waals surface area contributed by atoms with Gasteiger partial charge in [-0.25, -0.2) is 9.97 Å². The van der Waals surface area contributed by atoms with E-state index in [0.717, 1.165) is 43.0 Å². The van der Waals surface area contributed by atoms with Crippen LogP contribution in [0.4, 0.5) is 0 Å². The molecule has 5 heteroatoms. The minimum absolute atomic E-state index is 0.935. The predicted octanol–water partition coefficient (Wildman–Crippen LogP) is 6.75. The van der Waals surface area contributed by atoms with Gasteiger partial charge in [-0.15, -0.1) is 11.3 Å². The number of thiazole rings is 1. The van der Waals surface area contributed by atoms with Crippen LogP contribution < -0.4 is 0 Å². The van der Waals surface area contributed by atoms with E-state index in [1.165, 1.54) is 27.3 Å². The van der Waals surface area contributed by atoms with Gasteiger partial charge in [0.25, 0.3) is 0 Å². The average molecular weight is 423 g/mol. The Morgan fingerprint density at radius 2 is 1.29 bits per heavy atom. The van der Waals surface area contributed by atoms with Gasteiger partial charge in [0.2, 0.25) is 0 Å². The zero-order valence-corrected chi connectivity index (χ0v) is 17.9. The Bertz CT molecular complexity index is 1440. The molecule has 0 bridgehead atoms. The Morgan fingerprint density at radius 1 is 0.677 bits per heavy atom. The zero-order valence-electron chi connectivity index (χ0n) is 17.1. The molecule has 4 nitrogen and oxygen atoms in total. The van der Waals surface area contributed by atoms with Crippen LogP contribution in [0, 0.1) is 0 Å². The van der Waals surface area contributed by atoms with E-state index < -0.39 is 0 Å². The first-order valence-electron chi connectivity index (χ1n) is 10.7. The highest BCUT2D eigenvalue weighted by Gasteiger charge is 2.14. The average Bonchev–Trinajstić information content (AvgIpc) is 3.54. The molecule has 0 fully saturated rings. The fourth-order valence-electron chi connectivity index (χ4n) is 4.60. The summed E-state index contributed by atoms with van der Waals surface area (Å²) in [5.74, 6) is 0.972. The van der Waals surface area contributed by atoms with Crippen molar-refractivity contribution in [2.75, 3.05) is 0 Å². The normalized spacial score (nSPS) is 11.7. The van der Waals surface area contributed by atoms with Crippen LogP contribution >= 0.6 is 11.3 Å². The molecule has 0 unspecified atom stereocenters.